The lowest BCUT2D eigenvalue weighted by Gasteiger charge is -2.44. The van der Waals surface area contributed by atoms with Crippen LogP contribution in [0, 0.1) is 17.6 Å². The molecule has 4 nitrogen and oxygen atoms in total. The first-order valence-electron chi connectivity index (χ1n) is 9.07. The molecule has 2 aliphatic rings. The average Bonchev–Trinajstić information content (AvgIpc) is 2.83. The van der Waals surface area contributed by atoms with Crippen LogP contribution in [0.5, 0.6) is 5.75 Å². The molecule has 1 aliphatic heterocycles. The Bertz CT molecular complexity index is 1010. The smallest absolute Gasteiger partial charge is 0.188 e. The summed E-state index contributed by atoms with van der Waals surface area (Å²) in [4.78, 5) is -0.0187. The van der Waals surface area contributed by atoms with Gasteiger partial charge in [-0.05, 0) is 62.1 Å². The Morgan fingerprint density at radius 2 is 1.79 bits per heavy atom. The number of ether oxygens (including phenoxy) is 1. The molecule has 2 aromatic carbocycles. The van der Waals surface area contributed by atoms with Gasteiger partial charge in [0.05, 0.1) is 23.2 Å². The van der Waals surface area contributed by atoms with Crippen LogP contribution < -0.4 is 4.74 Å². The number of hydrogen-bond acceptors (Lipinski definition) is 4. The second-order valence-electron chi connectivity index (χ2n) is 7.37. The average molecular weight is 429 g/mol. The van der Waals surface area contributed by atoms with Crippen molar-refractivity contribution in [3.63, 3.8) is 0 Å². The molecular weight excluding hydrogens is 410 g/mol. The van der Waals surface area contributed by atoms with Crippen LogP contribution in [-0.2, 0) is 14.6 Å². The van der Waals surface area contributed by atoms with Crippen molar-refractivity contribution in [2.24, 2.45) is 5.92 Å². The van der Waals surface area contributed by atoms with Gasteiger partial charge < -0.3 is 9.84 Å². The number of rotatable bonds is 2. The van der Waals surface area contributed by atoms with E-state index in [1.807, 2.05) is 0 Å². The highest BCUT2D eigenvalue weighted by molar-refractivity contribution is 7.92. The molecule has 1 N–H and O–H groups in total. The van der Waals surface area contributed by atoms with E-state index in [2.05, 4.69) is 0 Å². The first-order valence-corrected chi connectivity index (χ1v) is 10.9. The fraction of sp³-hybridized carbons (Fsp3) is 0.400. The monoisotopic (exact) mass is 428 g/mol. The highest BCUT2D eigenvalue weighted by Gasteiger charge is 2.58. The zero-order valence-electron chi connectivity index (χ0n) is 14.9. The third-order valence-corrected chi connectivity index (χ3v) is 8.66. The van der Waals surface area contributed by atoms with Crippen LogP contribution in [0.2, 0.25) is 5.02 Å². The van der Waals surface area contributed by atoms with Gasteiger partial charge in [0.1, 0.15) is 10.6 Å². The molecule has 1 aliphatic carbocycles. The second-order valence-corrected chi connectivity index (χ2v) is 10.0. The quantitative estimate of drug-likeness (QED) is 0.777. The molecule has 28 heavy (non-hydrogen) atoms. The van der Waals surface area contributed by atoms with Crippen molar-refractivity contribution in [3.05, 3.63) is 58.6 Å². The summed E-state index contributed by atoms with van der Waals surface area (Å²) in [7, 11) is -4.16. The standard InChI is InChI=1S/C20H19ClF2O4S/c21-13-3-5-15(6-4-13)28(25,26)20-9-1-2-14(24)10-12(20)11-27-19-17(23)8-7-16(22)18(19)20/h3-8,12,14,24H,1-2,9-11H2/t12?,14-,20-/m1/s1. The number of fused-ring (bicyclic) bond motifs is 3. The van der Waals surface area contributed by atoms with Gasteiger partial charge in [-0.1, -0.05) is 11.6 Å². The second kappa shape index (κ2) is 6.97. The van der Waals surface area contributed by atoms with Crippen LogP contribution in [0.15, 0.2) is 41.3 Å². The van der Waals surface area contributed by atoms with E-state index in [9.17, 15) is 17.9 Å². The summed E-state index contributed by atoms with van der Waals surface area (Å²) in [5, 5.41) is 10.6. The first kappa shape index (κ1) is 19.6. The van der Waals surface area contributed by atoms with Crippen LogP contribution in [0.1, 0.15) is 31.2 Å². The van der Waals surface area contributed by atoms with E-state index in [0.717, 1.165) is 12.1 Å². The maximum atomic E-state index is 15.0. The van der Waals surface area contributed by atoms with Crippen molar-refractivity contribution in [1.29, 1.82) is 0 Å². The van der Waals surface area contributed by atoms with E-state index in [1.165, 1.54) is 24.3 Å². The summed E-state index contributed by atoms with van der Waals surface area (Å²) in [5.41, 5.74) is -0.271. The number of benzene rings is 2. The largest absolute Gasteiger partial charge is 0.490 e. The molecule has 1 unspecified atom stereocenters. The number of aliphatic hydroxyl groups excluding tert-OH is 1. The van der Waals surface area contributed by atoms with Crippen LogP contribution >= 0.6 is 11.6 Å². The minimum atomic E-state index is -4.16. The van der Waals surface area contributed by atoms with Crippen molar-refractivity contribution in [2.45, 2.75) is 41.4 Å². The van der Waals surface area contributed by atoms with Gasteiger partial charge in [0.2, 0.25) is 0 Å². The van der Waals surface area contributed by atoms with Crippen molar-refractivity contribution in [2.75, 3.05) is 6.61 Å². The van der Waals surface area contributed by atoms with Gasteiger partial charge in [-0.25, -0.2) is 17.2 Å². The maximum absolute atomic E-state index is 15.0. The number of sulfone groups is 1. The molecule has 0 spiro atoms. The molecule has 0 aromatic heterocycles. The predicted octanol–water partition coefficient (Wildman–Crippen LogP) is 4.23. The number of hydrogen-bond donors (Lipinski definition) is 1. The van der Waals surface area contributed by atoms with Crippen molar-refractivity contribution < 1.29 is 27.0 Å². The molecule has 4 rings (SSSR count). The third kappa shape index (κ3) is 2.83. The molecule has 2 aromatic rings. The van der Waals surface area contributed by atoms with Gasteiger partial charge in [-0.3, -0.25) is 0 Å². The van der Waals surface area contributed by atoms with Crippen molar-refractivity contribution >= 4 is 21.4 Å². The lowest BCUT2D eigenvalue weighted by molar-refractivity contribution is 0.0975. The highest BCUT2D eigenvalue weighted by Crippen LogP contribution is 2.55. The van der Waals surface area contributed by atoms with Gasteiger partial charge in [-0.2, -0.15) is 0 Å². The minimum Gasteiger partial charge on any atom is -0.490 e. The zero-order chi connectivity index (χ0) is 20.1. The van der Waals surface area contributed by atoms with E-state index in [4.69, 9.17) is 16.3 Å². The summed E-state index contributed by atoms with van der Waals surface area (Å²) in [6, 6.07) is 7.51. The topological polar surface area (TPSA) is 63.6 Å². The van der Waals surface area contributed by atoms with Gasteiger partial charge in [0.25, 0.3) is 0 Å². The number of aliphatic hydroxyl groups is 1. The normalized spacial score (nSPS) is 27.3. The van der Waals surface area contributed by atoms with E-state index >= 15 is 4.39 Å². The minimum absolute atomic E-state index is 0.0187. The van der Waals surface area contributed by atoms with Gasteiger partial charge >= 0.3 is 0 Å². The Balaban J connectivity index is 2.03. The molecule has 1 saturated carbocycles. The van der Waals surface area contributed by atoms with Gasteiger partial charge in [0, 0.05) is 10.9 Å². The molecule has 1 fully saturated rings. The third-order valence-electron chi connectivity index (χ3n) is 5.82. The molecule has 0 radical (unpaired) electrons. The molecular formula is C20H19ClF2O4S. The fourth-order valence-electron chi connectivity index (χ4n) is 4.54. The summed E-state index contributed by atoms with van der Waals surface area (Å²) in [5.74, 6) is -2.69. The Morgan fingerprint density at radius 1 is 1.11 bits per heavy atom. The van der Waals surface area contributed by atoms with Crippen LogP contribution in [0.3, 0.4) is 0 Å². The Morgan fingerprint density at radius 3 is 2.50 bits per heavy atom. The highest BCUT2D eigenvalue weighted by atomic mass is 35.5. The van der Waals surface area contributed by atoms with Crippen molar-refractivity contribution in [3.8, 4) is 5.75 Å². The Labute approximate surface area is 167 Å². The summed E-state index contributed by atoms with van der Waals surface area (Å²) >= 11 is 5.90. The Hall–Kier alpha value is -1.70. The van der Waals surface area contributed by atoms with Crippen LogP contribution in [-0.4, -0.2) is 26.2 Å². The molecule has 150 valence electrons. The first-order chi connectivity index (χ1) is 13.3. The van der Waals surface area contributed by atoms with E-state index in [-0.39, 0.29) is 35.7 Å². The molecule has 1 heterocycles. The zero-order valence-corrected chi connectivity index (χ0v) is 16.4. The number of halogens is 3. The van der Waals surface area contributed by atoms with Crippen LogP contribution in [0.25, 0.3) is 0 Å². The van der Waals surface area contributed by atoms with Gasteiger partial charge in [-0.15, -0.1) is 0 Å². The fourth-order valence-corrected chi connectivity index (χ4v) is 7.05. The molecule has 0 amide bonds. The molecule has 0 bridgehead atoms. The SMILES string of the molecule is O=S(=O)(c1ccc(Cl)cc1)[C@]12CCC[C@@H](O)CC1COc1c(F)ccc(F)c12. The van der Waals surface area contributed by atoms with Crippen molar-refractivity contribution in [1.82, 2.24) is 0 Å². The van der Waals surface area contributed by atoms with Gasteiger partial charge in [0.15, 0.2) is 21.4 Å². The lowest BCUT2D eigenvalue weighted by atomic mass is 9.79. The Kier molecular flexibility index (Phi) is 4.88. The summed E-state index contributed by atoms with van der Waals surface area (Å²) in [6.45, 7) is -0.114. The maximum Gasteiger partial charge on any atom is 0.188 e. The predicted molar refractivity (Wildman–Crippen MR) is 100 cm³/mol. The molecule has 0 saturated heterocycles. The lowest BCUT2D eigenvalue weighted by Crippen LogP contribution is -2.49. The molecule has 3 atom stereocenters. The van der Waals surface area contributed by atoms with E-state index < -0.39 is 38.2 Å². The summed E-state index contributed by atoms with van der Waals surface area (Å²) in [6.07, 6.45) is 0.216. The summed E-state index contributed by atoms with van der Waals surface area (Å²) < 4.78 is 61.0. The van der Waals surface area contributed by atoms with Crippen LogP contribution in [0.4, 0.5) is 8.78 Å². The molecule has 8 heteroatoms. The van der Waals surface area contributed by atoms with E-state index in [0.29, 0.717) is 17.9 Å². The van der Waals surface area contributed by atoms with E-state index in [1.54, 1.807) is 0 Å².